The molecule has 9 heavy (non-hydrogen) atoms. The molecular formula is C3H7NO4P+. The van der Waals surface area contributed by atoms with Gasteiger partial charge in [0.1, 0.15) is 0 Å². The van der Waals surface area contributed by atoms with Crippen molar-refractivity contribution in [2.24, 2.45) is 0 Å². The van der Waals surface area contributed by atoms with E-state index < -0.39 is 8.25 Å². The van der Waals surface area contributed by atoms with Crippen molar-refractivity contribution >= 4 is 14.7 Å². The normalized spacial score (nSPS) is 10.6. The minimum absolute atomic E-state index is 0.0655. The van der Waals surface area contributed by atoms with Crippen LogP contribution in [0.5, 0.6) is 0 Å². The van der Waals surface area contributed by atoms with Crippen molar-refractivity contribution in [1.82, 2.24) is 5.48 Å². The first-order chi connectivity index (χ1) is 4.31. The molecule has 0 radical (unpaired) electrons. The van der Waals surface area contributed by atoms with Crippen LogP contribution in [0.3, 0.4) is 0 Å². The lowest BCUT2D eigenvalue weighted by molar-refractivity contribution is -0.121. The van der Waals surface area contributed by atoms with Gasteiger partial charge in [0.2, 0.25) is 0 Å². The summed E-state index contributed by atoms with van der Waals surface area (Å²) in [6, 6.07) is 0. The highest BCUT2D eigenvalue weighted by molar-refractivity contribution is 7.33. The van der Waals surface area contributed by atoms with Crippen LogP contribution >= 0.6 is 8.25 Å². The molecule has 0 rings (SSSR count). The van der Waals surface area contributed by atoms with E-state index in [2.05, 4.69) is 14.6 Å². The summed E-state index contributed by atoms with van der Waals surface area (Å²) in [6.07, 6.45) is 0. The zero-order chi connectivity index (χ0) is 7.11. The fourth-order valence-electron chi connectivity index (χ4n) is 0.174. The Morgan fingerprint density at radius 2 is 2.44 bits per heavy atom. The van der Waals surface area contributed by atoms with E-state index in [4.69, 9.17) is 0 Å². The quantitative estimate of drug-likeness (QED) is 0.350. The molecule has 6 heteroatoms. The summed E-state index contributed by atoms with van der Waals surface area (Å²) >= 11 is 0. The Morgan fingerprint density at radius 3 is 2.89 bits per heavy atom. The molecule has 5 nitrogen and oxygen atoms in total. The monoisotopic (exact) mass is 152 g/mol. The summed E-state index contributed by atoms with van der Waals surface area (Å²) in [5, 5.41) is 0. The third-order valence-electron chi connectivity index (χ3n) is 0.413. The highest BCUT2D eigenvalue weighted by atomic mass is 31.1. The van der Waals surface area contributed by atoms with Gasteiger partial charge in [0, 0.05) is 11.1 Å². The van der Waals surface area contributed by atoms with Gasteiger partial charge in [-0.05, 0) is 4.62 Å². The molecular weight excluding hydrogens is 145 g/mol. The Morgan fingerprint density at radius 1 is 1.78 bits per heavy atom. The second kappa shape index (κ2) is 5.62. The van der Waals surface area contributed by atoms with Crippen LogP contribution in [0.15, 0.2) is 0 Å². The van der Waals surface area contributed by atoms with E-state index in [-0.39, 0.29) is 6.47 Å². The van der Waals surface area contributed by atoms with E-state index in [9.17, 15) is 9.36 Å². The van der Waals surface area contributed by atoms with Gasteiger partial charge >= 0.3 is 14.7 Å². The van der Waals surface area contributed by atoms with Crippen molar-refractivity contribution < 1.29 is 18.5 Å². The first kappa shape index (κ1) is 8.49. The smallest absolute Gasteiger partial charge is 0.250 e. The molecule has 0 aromatic carbocycles. The fourth-order valence-corrected chi connectivity index (χ4v) is 0.522. The molecule has 1 atom stereocenters. The fraction of sp³-hybridized carbons (Fsp3) is 0.667. The van der Waals surface area contributed by atoms with E-state index in [1.54, 1.807) is 6.92 Å². The van der Waals surface area contributed by atoms with Gasteiger partial charge in [-0.2, -0.15) is 4.52 Å². The van der Waals surface area contributed by atoms with Gasteiger partial charge in [0.15, 0.2) is 0 Å². The molecule has 0 amide bonds. The summed E-state index contributed by atoms with van der Waals surface area (Å²) in [5.74, 6) is 0. The number of hydrogen-bond donors (Lipinski definition) is 1. The van der Waals surface area contributed by atoms with Gasteiger partial charge in [-0.1, -0.05) is 6.92 Å². The summed E-state index contributed by atoms with van der Waals surface area (Å²) in [7, 11) is -2.32. The third kappa shape index (κ3) is 5.36. The van der Waals surface area contributed by atoms with Crippen LogP contribution in [0.1, 0.15) is 6.92 Å². The molecule has 0 aromatic rings. The number of carbonyl (C=O) groups excluding carboxylic acids is 1. The van der Waals surface area contributed by atoms with Crippen molar-refractivity contribution in [2.75, 3.05) is 6.54 Å². The van der Waals surface area contributed by atoms with Crippen LogP contribution in [0.2, 0.25) is 0 Å². The van der Waals surface area contributed by atoms with E-state index in [0.29, 0.717) is 6.54 Å². The Labute approximate surface area is 53.2 Å². The van der Waals surface area contributed by atoms with Crippen LogP contribution in [-0.4, -0.2) is 13.0 Å². The summed E-state index contributed by atoms with van der Waals surface area (Å²) in [5.41, 5.74) is 2.27. The molecule has 0 saturated heterocycles. The minimum Gasteiger partial charge on any atom is -0.250 e. The number of hydroxylamine groups is 1. The Hall–Kier alpha value is -0.510. The Balaban J connectivity index is 3.16. The second-order valence-corrected chi connectivity index (χ2v) is 1.86. The predicted octanol–water partition coefficient (Wildman–Crippen LogP) is 0.358. The van der Waals surface area contributed by atoms with Crippen LogP contribution in [0.4, 0.5) is 0 Å². The topological polar surface area (TPSA) is 64.6 Å². The lowest BCUT2D eigenvalue weighted by atomic mass is 10.8. The molecule has 0 aliphatic carbocycles. The molecule has 0 aliphatic heterocycles. The highest BCUT2D eigenvalue weighted by Crippen LogP contribution is 2.18. The summed E-state index contributed by atoms with van der Waals surface area (Å²) < 4.78 is 18.3. The largest absolute Gasteiger partial charge is 0.771 e. The maximum absolute atomic E-state index is 10.2. The second-order valence-electron chi connectivity index (χ2n) is 1.01. The van der Waals surface area contributed by atoms with E-state index in [1.807, 2.05) is 0 Å². The minimum atomic E-state index is -2.32. The number of nitrogens with one attached hydrogen (secondary N) is 1. The molecule has 0 aromatic heterocycles. The average molecular weight is 152 g/mol. The summed E-state index contributed by atoms with van der Waals surface area (Å²) in [6.45, 7) is 2.32. The summed E-state index contributed by atoms with van der Waals surface area (Å²) in [4.78, 5) is 9.46. The van der Waals surface area contributed by atoms with Crippen molar-refractivity contribution in [2.45, 2.75) is 6.92 Å². The van der Waals surface area contributed by atoms with Crippen molar-refractivity contribution in [3.8, 4) is 0 Å². The van der Waals surface area contributed by atoms with Gasteiger partial charge in [0.05, 0.1) is 0 Å². The molecule has 52 valence electrons. The van der Waals surface area contributed by atoms with Crippen molar-refractivity contribution in [3.63, 3.8) is 0 Å². The predicted molar refractivity (Wildman–Crippen MR) is 29.5 cm³/mol. The van der Waals surface area contributed by atoms with Crippen molar-refractivity contribution in [3.05, 3.63) is 0 Å². The van der Waals surface area contributed by atoms with Gasteiger partial charge in [-0.25, -0.2) is 0 Å². The average Bonchev–Trinajstić information content (AvgIpc) is 1.85. The Bertz CT molecular complexity index is 106. The maximum Gasteiger partial charge on any atom is 0.771 e. The number of hydrogen-bond acceptors (Lipinski definition) is 5. The lowest BCUT2D eigenvalue weighted by Crippen LogP contribution is -2.08. The maximum atomic E-state index is 10.2. The van der Waals surface area contributed by atoms with Crippen LogP contribution < -0.4 is 5.48 Å². The molecule has 0 heterocycles. The molecule has 0 bridgehead atoms. The first-order valence-corrected chi connectivity index (χ1v) is 3.38. The van der Waals surface area contributed by atoms with E-state index in [0.717, 1.165) is 0 Å². The zero-order valence-corrected chi connectivity index (χ0v) is 5.76. The Kier molecular flexibility index (Phi) is 5.30. The van der Waals surface area contributed by atoms with E-state index >= 15 is 0 Å². The standard InChI is InChI=1S/C3H7NO4P/c1-2-4-8-9(6)7-3-5/h3-4H,2H2,1H3/q+1. The van der Waals surface area contributed by atoms with Crippen LogP contribution in [0, 0.1) is 0 Å². The highest BCUT2D eigenvalue weighted by Gasteiger charge is 2.19. The molecule has 1 N–H and O–H groups in total. The van der Waals surface area contributed by atoms with Crippen LogP contribution in [0.25, 0.3) is 0 Å². The van der Waals surface area contributed by atoms with Crippen molar-refractivity contribution in [1.29, 1.82) is 0 Å². The van der Waals surface area contributed by atoms with E-state index in [1.165, 1.54) is 0 Å². The lowest BCUT2D eigenvalue weighted by Gasteiger charge is -1.83. The van der Waals surface area contributed by atoms with Gasteiger partial charge in [-0.15, -0.1) is 5.48 Å². The third-order valence-corrected chi connectivity index (χ3v) is 0.949. The SMILES string of the molecule is CCNO[P+](=O)OC=O. The zero-order valence-electron chi connectivity index (χ0n) is 4.86. The molecule has 0 fully saturated rings. The number of carbonyl (C=O) groups is 1. The first-order valence-electron chi connectivity index (χ1n) is 2.28. The van der Waals surface area contributed by atoms with Gasteiger partial charge in [0.25, 0.3) is 0 Å². The van der Waals surface area contributed by atoms with Crippen LogP contribution in [-0.2, 0) is 18.5 Å². The molecule has 0 spiro atoms. The molecule has 0 aliphatic rings. The number of rotatable bonds is 5. The molecule has 0 saturated carbocycles. The molecule has 1 unspecified atom stereocenters. The van der Waals surface area contributed by atoms with Gasteiger partial charge < -0.3 is 0 Å². The van der Waals surface area contributed by atoms with Gasteiger partial charge in [-0.3, -0.25) is 4.79 Å².